The van der Waals surface area contributed by atoms with Gasteiger partial charge >= 0.3 is 0 Å². The van der Waals surface area contributed by atoms with Crippen LogP contribution in [0.15, 0.2) is 35.5 Å². The lowest BCUT2D eigenvalue weighted by Crippen LogP contribution is -2.12. The SMILES string of the molecule is O=c1c(-c2cn[nH]c2)cccn1I. The van der Waals surface area contributed by atoms with E-state index in [-0.39, 0.29) is 5.56 Å². The highest BCUT2D eigenvalue weighted by molar-refractivity contribution is 14.1. The van der Waals surface area contributed by atoms with Crippen LogP contribution in [-0.2, 0) is 0 Å². The number of hydrogen-bond donors (Lipinski definition) is 1. The van der Waals surface area contributed by atoms with Crippen molar-refractivity contribution in [1.29, 1.82) is 0 Å². The van der Waals surface area contributed by atoms with Crippen LogP contribution in [-0.4, -0.2) is 13.0 Å². The normalized spacial score (nSPS) is 10.2. The number of nitrogens with zero attached hydrogens (tertiary/aromatic N) is 2. The van der Waals surface area contributed by atoms with Crippen molar-refractivity contribution in [3.63, 3.8) is 0 Å². The number of rotatable bonds is 1. The van der Waals surface area contributed by atoms with E-state index in [1.54, 1.807) is 24.7 Å². The predicted molar refractivity (Wildman–Crippen MR) is 57.7 cm³/mol. The molecule has 0 aliphatic heterocycles. The smallest absolute Gasteiger partial charge is 0.267 e. The molecule has 0 aromatic carbocycles. The van der Waals surface area contributed by atoms with Crippen molar-refractivity contribution in [2.75, 3.05) is 0 Å². The molecule has 0 aliphatic carbocycles. The van der Waals surface area contributed by atoms with Gasteiger partial charge in [0.15, 0.2) is 0 Å². The maximum absolute atomic E-state index is 11.6. The molecule has 4 nitrogen and oxygen atoms in total. The minimum Gasteiger partial charge on any atom is -0.285 e. The molecule has 66 valence electrons. The number of hydrogen-bond acceptors (Lipinski definition) is 2. The quantitative estimate of drug-likeness (QED) is 0.807. The maximum Gasteiger partial charge on any atom is 0.267 e. The molecule has 0 bridgehead atoms. The zero-order valence-corrected chi connectivity index (χ0v) is 8.72. The average Bonchev–Trinajstić information content (AvgIpc) is 2.62. The molecule has 5 heteroatoms. The Balaban J connectivity index is 2.66. The van der Waals surface area contributed by atoms with Gasteiger partial charge in [0.05, 0.1) is 34.6 Å². The average molecular weight is 287 g/mol. The van der Waals surface area contributed by atoms with Crippen LogP contribution in [0.1, 0.15) is 0 Å². The van der Waals surface area contributed by atoms with E-state index < -0.39 is 0 Å². The lowest BCUT2D eigenvalue weighted by Gasteiger charge is -1.97. The fraction of sp³-hybridized carbons (Fsp3) is 0. The second kappa shape index (κ2) is 3.33. The molecule has 0 amide bonds. The Bertz CT molecular complexity index is 460. The number of H-pyrrole nitrogens is 1. The van der Waals surface area contributed by atoms with E-state index in [9.17, 15) is 4.79 Å². The van der Waals surface area contributed by atoms with Gasteiger partial charge in [0.25, 0.3) is 5.56 Å². The molecule has 13 heavy (non-hydrogen) atoms. The van der Waals surface area contributed by atoms with E-state index in [1.807, 2.05) is 28.9 Å². The second-order valence-corrected chi connectivity index (χ2v) is 3.56. The third kappa shape index (κ3) is 1.51. The van der Waals surface area contributed by atoms with Gasteiger partial charge in [-0.1, -0.05) is 0 Å². The Morgan fingerprint density at radius 1 is 1.54 bits per heavy atom. The van der Waals surface area contributed by atoms with Crippen molar-refractivity contribution in [1.82, 2.24) is 13.0 Å². The topological polar surface area (TPSA) is 50.7 Å². The first-order valence-electron chi connectivity index (χ1n) is 3.66. The van der Waals surface area contributed by atoms with Gasteiger partial charge in [-0.25, -0.2) is 0 Å². The predicted octanol–water partition coefficient (Wildman–Crippen LogP) is 1.44. The van der Waals surface area contributed by atoms with E-state index >= 15 is 0 Å². The van der Waals surface area contributed by atoms with E-state index in [4.69, 9.17) is 0 Å². The Morgan fingerprint density at radius 3 is 3.08 bits per heavy atom. The molecular formula is C8H6IN3O. The summed E-state index contributed by atoms with van der Waals surface area (Å²) in [6, 6.07) is 3.61. The van der Waals surface area contributed by atoms with Crippen LogP contribution < -0.4 is 5.56 Å². The van der Waals surface area contributed by atoms with Crippen LogP contribution in [0.4, 0.5) is 0 Å². The molecule has 0 saturated carbocycles. The van der Waals surface area contributed by atoms with Crippen molar-refractivity contribution < 1.29 is 0 Å². The van der Waals surface area contributed by atoms with Gasteiger partial charge in [-0.05, 0) is 12.1 Å². The summed E-state index contributed by atoms with van der Waals surface area (Å²) in [5.74, 6) is 0. The van der Waals surface area contributed by atoms with Crippen molar-refractivity contribution in [2.24, 2.45) is 0 Å². The molecule has 0 saturated heterocycles. The van der Waals surface area contributed by atoms with E-state index in [2.05, 4.69) is 10.2 Å². The number of nitrogens with one attached hydrogen (secondary N) is 1. The third-order valence-corrected chi connectivity index (χ3v) is 2.47. The number of aromatic amines is 1. The largest absolute Gasteiger partial charge is 0.285 e. The van der Waals surface area contributed by atoms with Crippen LogP contribution >= 0.6 is 22.9 Å². The van der Waals surface area contributed by atoms with Crippen molar-refractivity contribution in [2.45, 2.75) is 0 Å². The molecule has 2 aromatic rings. The van der Waals surface area contributed by atoms with Crippen LogP contribution in [0.25, 0.3) is 11.1 Å². The van der Waals surface area contributed by atoms with Gasteiger partial charge < -0.3 is 0 Å². The van der Waals surface area contributed by atoms with Gasteiger partial charge in [0, 0.05) is 18.0 Å². The van der Waals surface area contributed by atoms with E-state index in [0.29, 0.717) is 5.56 Å². The molecule has 2 heterocycles. The van der Waals surface area contributed by atoms with Gasteiger partial charge in [-0.15, -0.1) is 0 Å². The minimum absolute atomic E-state index is 0.0236. The summed E-state index contributed by atoms with van der Waals surface area (Å²) in [6.45, 7) is 0. The molecule has 0 aliphatic rings. The van der Waals surface area contributed by atoms with Crippen LogP contribution in [0, 0.1) is 0 Å². The highest BCUT2D eigenvalue weighted by Crippen LogP contribution is 2.12. The van der Waals surface area contributed by atoms with Gasteiger partial charge in [0.1, 0.15) is 0 Å². The first kappa shape index (κ1) is 8.49. The summed E-state index contributed by atoms with van der Waals surface area (Å²) in [6.07, 6.45) is 5.05. The Kier molecular flexibility index (Phi) is 2.17. The Labute approximate surface area is 88.1 Å². The number of halogens is 1. The van der Waals surface area contributed by atoms with Gasteiger partial charge in [0.2, 0.25) is 0 Å². The Hall–Kier alpha value is -1.11. The number of aromatic nitrogens is 3. The molecule has 0 atom stereocenters. The number of pyridine rings is 1. The van der Waals surface area contributed by atoms with Crippen molar-refractivity contribution >= 4 is 22.9 Å². The highest BCUT2D eigenvalue weighted by atomic mass is 127. The maximum atomic E-state index is 11.6. The first-order valence-corrected chi connectivity index (χ1v) is 4.62. The second-order valence-electron chi connectivity index (χ2n) is 2.53. The molecule has 0 fully saturated rings. The van der Waals surface area contributed by atoms with Crippen molar-refractivity contribution in [3.05, 3.63) is 41.1 Å². The first-order chi connectivity index (χ1) is 6.29. The zero-order valence-electron chi connectivity index (χ0n) is 6.57. The lowest BCUT2D eigenvalue weighted by molar-refractivity contribution is 1.09. The van der Waals surface area contributed by atoms with E-state index in [1.165, 1.54) is 2.78 Å². The summed E-state index contributed by atoms with van der Waals surface area (Å²) >= 11 is 1.95. The minimum atomic E-state index is -0.0236. The van der Waals surface area contributed by atoms with Gasteiger partial charge in [-0.3, -0.25) is 12.7 Å². The van der Waals surface area contributed by atoms with Gasteiger partial charge in [-0.2, -0.15) is 5.10 Å². The molecular weight excluding hydrogens is 281 g/mol. The zero-order chi connectivity index (χ0) is 9.26. The fourth-order valence-corrected chi connectivity index (χ4v) is 1.53. The van der Waals surface area contributed by atoms with Crippen LogP contribution in [0.5, 0.6) is 0 Å². The fourth-order valence-electron chi connectivity index (χ4n) is 1.09. The van der Waals surface area contributed by atoms with Crippen LogP contribution in [0.3, 0.4) is 0 Å². The molecule has 1 N–H and O–H groups in total. The van der Waals surface area contributed by atoms with Crippen LogP contribution in [0.2, 0.25) is 0 Å². The summed E-state index contributed by atoms with van der Waals surface area (Å²) in [7, 11) is 0. The molecule has 0 unspecified atom stereocenters. The summed E-state index contributed by atoms with van der Waals surface area (Å²) < 4.78 is 1.51. The summed E-state index contributed by atoms with van der Waals surface area (Å²) in [4.78, 5) is 11.6. The van der Waals surface area contributed by atoms with Crippen molar-refractivity contribution in [3.8, 4) is 11.1 Å². The monoisotopic (exact) mass is 287 g/mol. The summed E-state index contributed by atoms with van der Waals surface area (Å²) in [5, 5.41) is 6.47. The molecule has 0 radical (unpaired) electrons. The third-order valence-electron chi connectivity index (χ3n) is 1.71. The molecule has 2 rings (SSSR count). The lowest BCUT2D eigenvalue weighted by atomic mass is 10.2. The standard InChI is InChI=1S/C8H6IN3O/c9-12-3-1-2-7(8(12)13)6-4-10-11-5-6/h1-5H,(H,10,11). The highest BCUT2D eigenvalue weighted by Gasteiger charge is 2.04. The molecule has 0 spiro atoms. The summed E-state index contributed by atoms with van der Waals surface area (Å²) in [5.41, 5.74) is 1.45. The molecule has 2 aromatic heterocycles. The van der Waals surface area contributed by atoms with E-state index in [0.717, 1.165) is 5.56 Å². The Morgan fingerprint density at radius 2 is 2.38 bits per heavy atom.